The van der Waals surface area contributed by atoms with Crippen LogP contribution in [0.1, 0.15) is 60.7 Å². The third kappa shape index (κ3) is 3.72. The van der Waals surface area contributed by atoms with Gasteiger partial charge in [0.15, 0.2) is 0 Å². The van der Waals surface area contributed by atoms with E-state index in [1.54, 1.807) is 11.3 Å². The lowest BCUT2D eigenvalue weighted by atomic mass is 9.94. The molecule has 3 rings (SSSR count). The van der Waals surface area contributed by atoms with E-state index in [-0.39, 0.29) is 5.91 Å². The van der Waals surface area contributed by atoms with Gasteiger partial charge in [0, 0.05) is 42.5 Å². The molecule has 3 nitrogen and oxygen atoms in total. The second-order valence-electron chi connectivity index (χ2n) is 6.67. The van der Waals surface area contributed by atoms with Crippen molar-refractivity contribution in [1.82, 2.24) is 9.80 Å². The Morgan fingerprint density at radius 1 is 1.18 bits per heavy atom. The van der Waals surface area contributed by atoms with Crippen LogP contribution in [0.3, 0.4) is 0 Å². The van der Waals surface area contributed by atoms with Crippen molar-refractivity contribution in [2.24, 2.45) is 0 Å². The van der Waals surface area contributed by atoms with Crippen molar-refractivity contribution in [2.75, 3.05) is 26.2 Å². The largest absolute Gasteiger partial charge is 0.336 e. The monoisotopic (exact) mass is 320 g/mol. The van der Waals surface area contributed by atoms with Gasteiger partial charge in [-0.1, -0.05) is 32.6 Å². The fraction of sp³-hybridized carbons (Fsp3) is 0.722. The molecule has 1 saturated carbocycles. The normalized spacial score (nSPS) is 21.2. The molecular formula is C18H28N2OS. The summed E-state index contributed by atoms with van der Waals surface area (Å²) in [6.45, 7) is 6.10. The maximum atomic E-state index is 12.6. The topological polar surface area (TPSA) is 23.6 Å². The van der Waals surface area contributed by atoms with Gasteiger partial charge in [0.1, 0.15) is 0 Å². The van der Waals surface area contributed by atoms with Crippen LogP contribution in [-0.4, -0.2) is 47.9 Å². The van der Waals surface area contributed by atoms with Gasteiger partial charge in [0.2, 0.25) is 0 Å². The van der Waals surface area contributed by atoms with Gasteiger partial charge in [-0.3, -0.25) is 9.69 Å². The Morgan fingerprint density at radius 2 is 1.91 bits per heavy atom. The van der Waals surface area contributed by atoms with E-state index in [1.165, 1.54) is 37.0 Å². The van der Waals surface area contributed by atoms with Crippen LogP contribution in [0.15, 0.2) is 11.4 Å². The van der Waals surface area contributed by atoms with Gasteiger partial charge < -0.3 is 4.90 Å². The maximum Gasteiger partial charge on any atom is 0.254 e. The molecular weight excluding hydrogens is 292 g/mol. The quantitative estimate of drug-likeness (QED) is 0.842. The van der Waals surface area contributed by atoms with Gasteiger partial charge in [0.05, 0.1) is 5.56 Å². The maximum absolute atomic E-state index is 12.6. The number of hydrogen-bond donors (Lipinski definition) is 0. The first-order valence-corrected chi connectivity index (χ1v) is 9.76. The highest BCUT2D eigenvalue weighted by Crippen LogP contribution is 2.24. The SMILES string of the molecule is CCCc1cc(C(=O)N2CCN(C3CCCCC3)CC2)cs1. The van der Waals surface area contributed by atoms with Gasteiger partial charge in [-0.15, -0.1) is 11.3 Å². The smallest absolute Gasteiger partial charge is 0.254 e. The minimum absolute atomic E-state index is 0.238. The standard InChI is InChI=1S/C18H28N2OS/c1-2-6-17-13-15(14-22-17)18(21)20-11-9-19(10-12-20)16-7-4-3-5-8-16/h13-14,16H,2-12H2,1H3. The Kier molecular flexibility index (Phi) is 5.53. The lowest BCUT2D eigenvalue weighted by Crippen LogP contribution is -2.52. The second kappa shape index (κ2) is 7.60. The molecule has 0 radical (unpaired) electrons. The van der Waals surface area contributed by atoms with E-state index >= 15 is 0 Å². The number of nitrogens with zero attached hydrogens (tertiary/aromatic N) is 2. The van der Waals surface area contributed by atoms with E-state index in [4.69, 9.17) is 0 Å². The molecule has 0 atom stereocenters. The zero-order valence-electron chi connectivity index (χ0n) is 13.7. The van der Waals surface area contributed by atoms with Crippen LogP contribution in [0.5, 0.6) is 0 Å². The predicted octanol–water partition coefficient (Wildman–Crippen LogP) is 3.79. The summed E-state index contributed by atoms with van der Waals surface area (Å²) in [6.07, 6.45) is 9.14. The lowest BCUT2D eigenvalue weighted by Gasteiger charge is -2.40. The number of hydrogen-bond acceptors (Lipinski definition) is 3. The van der Waals surface area contributed by atoms with Crippen LogP contribution < -0.4 is 0 Å². The zero-order valence-corrected chi connectivity index (χ0v) is 14.5. The van der Waals surface area contributed by atoms with Crippen LogP contribution in [0.2, 0.25) is 0 Å². The number of amides is 1. The molecule has 1 aliphatic heterocycles. The van der Waals surface area contributed by atoms with Gasteiger partial charge in [-0.2, -0.15) is 0 Å². The minimum Gasteiger partial charge on any atom is -0.336 e. The average Bonchev–Trinajstić information content (AvgIpc) is 3.04. The van der Waals surface area contributed by atoms with Crippen molar-refractivity contribution in [3.63, 3.8) is 0 Å². The fourth-order valence-corrected chi connectivity index (χ4v) is 4.75. The number of carbonyl (C=O) groups is 1. The highest BCUT2D eigenvalue weighted by Gasteiger charge is 2.27. The van der Waals surface area contributed by atoms with Gasteiger partial charge >= 0.3 is 0 Å². The number of thiophene rings is 1. The predicted molar refractivity (Wildman–Crippen MR) is 92.7 cm³/mol. The summed E-state index contributed by atoms with van der Waals surface area (Å²) >= 11 is 1.73. The van der Waals surface area contributed by atoms with E-state index in [0.29, 0.717) is 0 Å². The second-order valence-corrected chi connectivity index (χ2v) is 7.67. The number of carbonyl (C=O) groups excluding carboxylic acids is 1. The first-order valence-electron chi connectivity index (χ1n) is 8.88. The molecule has 22 heavy (non-hydrogen) atoms. The molecule has 2 aliphatic rings. The summed E-state index contributed by atoms with van der Waals surface area (Å²) in [5.41, 5.74) is 0.902. The first-order chi connectivity index (χ1) is 10.8. The molecule has 2 heterocycles. The van der Waals surface area contributed by atoms with Gasteiger partial charge in [-0.25, -0.2) is 0 Å². The van der Waals surface area contributed by atoms with Crippen molar-refractivity contribution >= 4 is 17.2 Å². The van der Waals surface area contributed by atoms with Crippen LogP contribution in [-0.2, 0) is 6.42 Å². The Hall–Kier alpha value is -0.870. The summed E-state index contributed by atoms with van der Waals surface area (Å²) < 4.78 is 0. The van der Waals surface area contributed by atoms with Crippen LogP contribution in [0.4, 0.5) is 0 Å². The van der Waals surface area contributed by atoms with E-state index < -0.39 is 0 Å². The number of piperazine rings is 1. The molecule has 122 valence electrons. The Bertz CT molecular complexity index is 485. The Labute approximate surface area is 138 Å². The Morgan fingerprint density at radius 3 is 2.59 bits per heavy atom. The van der Waals surface area contributed by atoms with E-state index in [0.717, 1.165) is 50.6 Å². The van der Waals surface area contributed by atoms with Crippen LogP contribution in [0, 0.1) is 0 Å². The zero-order chi connectivity index (χ0) is 15.4. The van der Waals surface area contributed by atoms with Crippen molar-refractivity contribution in [1.29, 1.82) is 0 Å². The minimum atomic E-state index is 0.238. The van der Waals surface area contributed by atoms with Crippen molar-refractivity contribution in [3.8, 4) is 0 Å². The molecule has 0 bridgehead atoms. The molecule has 2 fully saturated rings. The fourth-order valence-electron chi connectivity index (χ4n) is 3.79. The summed E-state index contributed by atoms with van der Waals surface area (Å²) in [7, 11) is 0. The molecule has 0 aromatic carbocycles. The van der Waals surface area contributed by atoms with E-state index in [1.807, 2.05) is 5.38 Å². The Balaban J connectivity index is 1.52. The van der Waals surface area contributed by atoms with Crippen molar-refractivity contribution in [3.05, 3.63) is 21.9 Å². The van der Waals surface area contributed by atoms with E-state index in [9.17, 15) is 4.79 Å². The molecule has 0 spiro atoms. The van der Waals surface area contributed by atoms with Crippen LogP contribution >= 0.6 is 11.3 Å². The molecule has 0 unspecified atom stereocenters. The third-order valence-corrected chi connectivity index (χ3v) is 6.09. The van der Waals surface area contributed by atoms with E-state index in [2.05, 4.69) is 22.8 Å². The van der Waals surface area contributed by atoms with Gasteiger partial charge in [0.25, 0.3) is 5.91 Å². The summed E-state index contributed by atoms with van der Waals surface area (Å²) in [6, 6.07) is 2.88. The molecule has 0 N–H and O–H groups in total. The summed E-state index contributed by atoms with van der Waals surface area (Å²) in [4.78, 5) is 18.6. The molecule has 1 aromatic rings. The van der Waals surface area contributed by atoms with Crippen LogP contribution in [0.25, 0.3) is 0 Å². The van der Waals surface area contributed by atoms with Crippen molar-refractivity contribution in [2.45, 2.75) is 57.9 Å². The molecule has 1 aromatic heterocycles. The number of aryl methyl sites for hydroxylation is 1. The number of rotatable bonds is 4. The molecule has 4 heteroatoms. The van der Waals surface area contributed by atoms with Crippen molar-refractivity contribution < 1.29 is 4.79 Å². The summed E-state index contributed by atoms with van der Waals surface area (Å²) in [5, 5.41) is 2.04. The summed E-state index contributed by atoms with van der Waals surface area (Å²) in [5.74, 6) is 0.238. The molecule has 1 saturated heterocycles. The highest BCUT2D eigenvalue weighted by atomic mass is 32.1. The molecule has 1 amide bonds. The van der Waals surface area contributed by atoms with Gasteiger partial charge in [-0.05, 0) is 25.3 Å². The third-order valence-electron chi connectivity index (χ3n) is 5.09. The average molecular weight is 321 g/mol. The lowest BCUT2D eigenvalue weighted by molar-refractivity contribution is 0.0523. The first kappa shape index (κ1) is 16.0. The highest BCUT2D eigenvalue weighted by molar-refractivity contribution is 7.10. The molecule has 1 aliphatic carbocycles.